The van der Waals surface area contributed by atoms with Gasteiger partial charge in [0, 0.05) is 23.2 Å². The van der Waals surface area contributed by atoms with Gasteiger partial charge in [0.2, 0.25) is 0 Å². The molecule has 4 nitrogen and oxygen atoms in total. The van der Waals surface area contributed by atoms with Crippen LogP contribution in [0.3, 0.4) is 0 Å². The number of rotatable bonds is 3. The average Bonchev–Trinajstić information content (AvgIpc) is 2.37. The second-order valence-electron chi connectivity index (χ2n) is 3.93. The van der Waals surface area contributed by atoms with Crippen molar-refractivity contribution in [1.29, 1.82) is 0 Å². The Morgan fingerprint density at radius 2 is 2.24 bits per heavy atom. The molecule has 1 heterocycles. The summed E-state index contributed by atoms with van der Waals surface area (Å²) in [4.78, 5) is 16.2. The van der Waals surface area contributed by atoms with Crippen LogP contribution in [0.1, 0.15) is 17.3 Å². The highest BCUT2D eigenvalue weighted by Gasteiger charge is 2.11. The van der Waals surface area contributed by atoms with E-state index in [2.05, 4.69) is 10.3 Å². The Hall–Kier alpha value is -1.94. The SMILES string of the molecule is C[C@H](CO)NC(=O)c1cccc2ncccc12. The first kappa shape index (κ1) is 11.5. The van der Waals surface area contributed by atoms with Gasteiger partial charge in [-0.15, -0.1) is 0 Å². The van der Waals surface area contributed by atoms with Gasteiger partial charge in [-0.25, -0.2) is 0 Å². The molecule has 0 radical (unpaired) electrons. The maximum absolute atomic E-state index is 12.0. The summed E-state index contributed by atoms with van der Waals surface area (Å²) in [6, 6.07) is 8.82. The van der Waals surface area contributed by atoms with Gasteiger partial charge >= 0.3 is 0 Å². The third kappa shape index (κ3) is 2.42. The Morgan fingerprint density at radius 3 is 3.00 bits per heavy atom. The molecule has 2 N–H and O–H groups in total. The van der Waals surface area contributed by atoms with Crippen LogP contribution in [0.15, 0.2) is 36.5 Å². The number of aliphatic hydroxyl groups is 1. The minimum atomic E-state index is -0.255. The summed E-state index contributed by atoms with van der Waals surface area (Å²) in [6.07, 6.45) is 1.69. The molecular weight excluding hydrogens is 216 g/mol. The monoisotopic (exact) mass is 230 g/mol. The highest BCUT2D eigenvalue weighted by molar-refractivity contribution is 6.06. The number of nitrogens with one attached hydrogen (secondary N) is 1. The molecule has 0 unspecified atom stereocenters. The smallest absolute Gasteiger partial charge is 0.252 e. The van der Waals surface area contributed by atoms with Crippen LogP contribution in [0.5, 0.6) is 0 Å². The Balaban J connectivity index is 2.38. The van der Waals surface area contributed by atoms with Crippen LogP contribution in [0.25, 0.3) is 10.9 Å². The molecule has 2 rings (SSSR count). The van der Waals surface area contributed by atoms with Crippen molar-refractivity contribution in [2.45, 2.75) is 13.0 Å². The zero-order valence-corrected chi connectivity index (χ0v) is 9.55. The second kappa shape index (κ2) is 4.93. The number of fused-ring (bicyclic) bond motifs is 1. The van der Waals surface area contributed by atoms with Crippen LogP contribution in [-0.4, -0.2) is 28.6 Å². The van der Waals surface area contributed by atoms with Gasteiger partial charge in [0.15, 0.2) is 0 Å². The van der Waals surface area contributed by atoms with Crippen molar-refractivity contribution in [3.63, 3.8) is 0 Å². The maximum Gasteiger partial charge on any atom is 0.252 e. The topological polar surface area (TPSA) is 62.2 Å². The summed E-state index contributed by atoms with van der Waals surface area (Å²) in [5.74, 6) is -0.190. The summed E-state index contributed by atoms with van der Waals surface area (Å²) in [6.45, 7) is 1.68. The van der Waals surface area contributed by atoms with E-state index in [1.54, 1.807) is 31.3 Å². The van der Waals surface area contributed by atoms with Gasteiger partial charge in [-0.1, -0.05) is 12.1 Å². The standard InChI is InChI=1S/C13H14N2O2/c1-9(8-16)15-13(17)11-4-2-6-12-10(11)5-3-7-14-12/h2-7,9,16H,8H2,1H3,(H,15,17)/t9-/m1/s1. The van der Waals surface area contributed by atoms with Gasteiger partial charge < -0.3 is 10.4 Å². The fourth-order valence-electron chi connectivity index (χ4n) is 1.65. The van der Waals surface area contributed by atoms with E-state index in [-0.39, 0.29) is 18.6 Å². The summed E-state index contributed by atoms with van der Waals surface area (Å²) in [5.41, 5.74) is 1.37. The zero-order chi connectivity index (χ0) is 12.3. The van der Waals surface area contributed by atoms with Crippen LogP contribution in [0.2, 0.25) is 0 Å². The van der Waals surface area contributed by atoms with Crippen LogP contribution >= 0.6 is 0 Å². The van der Waals surface area contributed by atoms with Crippen molar-refractivity contribution in [2.24, 2.45) is 0 Å². The normalized spacial score (nSPS) is 12.4. The Kier molecular flexibility index (Phi) is 3.35. The average molecular weight is 230 g/mol. The fraction of sp³-hybridized carbons (Fsp3) is 0.231. The van der Waals surface area contributed by atoms with Crippen molar-refractivity contribution < 1.29 is 9.90 Å². The van der Waals surface area contributed by atoms with E-state index in [9.17, 15) is 4.79 Å². The number of aliphatic hydroxyl groups excluding tert-OH is 1. The third-order valence-corrected chi connectivity index (χ3v) is 2.54. The van der Waals surface area contributed by atoms with Crippen molar-refractivity contribution in [3.05, 3.63) is 42.1 Å². The Bertz CT molecular complexity index is 534. The molecule has 1 atom stereocenters. The molecule has 0 bridgehead atoms. The molecule has 88 valence electrons. The van der Waals surface area contributed by atoms with E-state index in [4.69, 9.17) is 5.11 Å². The van der Waals surface area contributed by atoms with E-state index in [1.807, 2.05) is 12.1 Å². The number of benzene rings is 1. The first-order chi connectivity index (χ1) is 8.22. The van der Waals surface area contributed by atoms with Crippen LogP contribution in [0, 0.1) is 0 Å². The lowest BCUT2D eigenvalue weighted by Crippen LogP contribution is -2.35. The number of amides is 1. The molecule has 0 aliphatic carbocycles. The minimum Gasteiger partial charge on any atom is -0.394 e. The molecular formula is C13H14N2O2. The van der Waals surface area contributed by atoms with E-state index in [0.717, 1.165) is 10.9 Å². The minimum absolute atomic E-state index is 0.0746. The lowest BCUT2D eigenvalue weighted by molar-refractivity contribution is 0.0924. The van der Waals surface area contributed by atoms with E-state index < -0.39 is 0 Å². The Labute approximate surface area is 99.3 Å². The van der Waals surface area contributed by atoms with E-state index in [1.165, 1.54) is 0 Å². The molecule has 1 amide bonds. The van der Waals surface area contributed by atoms with Crippen LogP contribution < -0.4 is 5.32 Å². The molecule has 0 aliphatic heterocycles. The lowest BCUT2D eigenvalue weighted by Gasteiger charge is -2.11. The number of hydrogen-bond acceptors (Lipinski definition) is 3. The first-order valence-electron chi connectivity index (χ1n) is 5.48. The summed E-state index contributed by atoms with van der Waals surface area (Å²) in [7, 11) is 0. The van der Waals surface area contributed by atoms with Gasteiger partial charge in [-0.05, 0) is 25.1 Å². The molecule has 0 spiro atoms. The van der Waals surface area contributed by atoms with Gasteiger partial charge in [0.05, 0.1) is 12.1 Å². The zero-order valence-electron chi connectivity index (χ0n) is 9.55. The summed E-state index contributed by atoms with van der Waals surface area (Å²) in [5, 5.41) is 12.5. The van der Waals surface area contributed by atoms with E-state index in [0.29, 0.717) is 5.56 Å². The fourth-order valence-corrected chi connectivity index (χ4v) is 1.65. The van der Waals surface area contributed by atoms with Gasteiger partial charge in [-0.2, -0.15) is 0 Å². The molecule has 1 aromatic heterocycles. The number of aromatic nitrogens is 1. The number of nitrogens with zero attached hydrogens (tertiary/aromatic N) is 1. The summed E-state index contributed by atoms with van der Waals surface area (Å²) < 4.78 is 0. The summed E-state index contributed by atoms with van der Waals surface area (Å²) >= 11 is 0. The van der Waals surface area contributed by atoms with E-state index >= 15 is 0 Å². The van der Waals surface area contributed by atoms with Crippen molar-refractivity contribution in [2.75, 3.05) is 6.61 Å². The highest BCUT2D eigenvalue weighted by atomic mass is 16.3. The molecule has 0 aliphatic rings. The van der Waals surface area contributed by atoms with Crippen molar-refractivity contribution in [3.8, 4) is 0 Å². The maximum atomic E-state index is 12.0. The first-order valence-corrected chi connectivity index (χ1v) is 5.48. The molecule has 2 aromatic rings. The number of pyridine rings is 1. The largest absolute Gasteiger partial charge is 0.394 e. The predicted octanol–water partition coefficient (Wildman–Crippen LogP) is 1.35. The number of carbonyl (C=O) groups excluding carboxylic acids is 1. The molecule has 0 fully saturated rings. The second-order valence-corrected chi connectivity index (χ2v) is 3.93. The van der Waals surface area contributed by atoms with Crippen molar-refractivity contribution >= 4 is 16.8 Å². The molecule has 1 aromatic carbocycles. The van der Waals surface area contributed by atoms with Crippen molar-refractivity contribution in [1.82, 2.24) is 10.3 Å². The van der Waals surface area contributed by atoms with Crippen LogP contribution in [0.4, 0.5) is 0 Å². The Morgan fingerprint density at radius 1 is 1.41 bits per heavy atom. The molecule has 0 saturated carbocycles. The lowest BCUT2D eigenvalue weighted by atomic mass is 10.1. The number of carbonyl (C=O) groups is 1. The van der Waals surface area contributed by atoms with Crippen LogP contribution in [-0.2, 0) is 0 Å². The number of hydrogen-bond donors (Lipinski definition) is 2. The van der Waals surface area contributed by atoms with Gasteiger partial charge in [0.25, 0.3) is 5.91 Å². The molecule has 4 heteroatoms. The van der Waals surface area contributed by atoms with Gasteiger partial charge in [0.1, 0.15) is 0 Å². The molecule has 0 saturated heterocycles. The van der Waals surface area contributed by atoms with Gasteiger partial charge in [-0.3, -0.25) is 9.78 Å². The quantitative estimate of drug-likeness (QED) is 0.836. The predicted molar refractivity (Wildman–Crippen MR) is 65.8 cm³/mol. The molecule has 17 heavy (non-hydrogen) atoms. The highest BCUT2D eigenvalue weighted by Crippen LogP contribution is 2.16. The third-order valence-electron chi connectivity index (χ3n) is 2.54.